The van der Waals surface area contributed by atoms with E-state index in [1.165, 1.54) is 6.07 Å². The Morgan fingerprint density at radius 1 is 1.33 bits per heavy atom. The van der Waals surface area contributed by atoms with Gasteiger partial charge in [-0.2, -0.15) is 0 Å². The maximum atomic E-state index is 13.4. The van der Waals surface area contributed by atoms with Crippen LogP contribution in [0, 0.1) is 11.7 Å². The minimum atomic E-state index is -0.616. The zero-order chi connectivity index (χ0) is 11.6. The molecule has 1 rings (SSSR count). The van der Waals surface area contributed by atoms with Gasteiger partial charge in [-0.1, -0.05) is 37.0 Å². The molecule has 0 aliphatic rings. The summed E-state index contributed by atoms with van der Waals surface area (Å²) in [6.07, 6.45) is 0.300. The minimum Gasteiger partial charge on any atom is -0.294 e. The van der Waals surface area contributed by atoms with Crippen LogP contribution in [0.5, 0.6) is 0 Å². The van der Waals surface area contributed by atoms with Gasteiger partial charge in [-0.25, -0.2) is 4.39 Å². The molecule has 0 fully saturated rings. The van der Waals surface area contributed by atoms with Gasteiger partial charge in [0.05, 0.1) is 15.6 Å². The highest BCUT2D eigenvalue weighted by Gasteiger charge is 2.15. The molecule has 82 valence electrons. The summed E-state index contributed by atoms with van der Waals surface area (Å²) in [4.78, 5) is 11.6. The van der Waals surface area contributed by atoms with E-state index in [0.717, 1.165) is 6.07 Å². The van der Waals surface area contributed by atoms with Crippen LogP contribution >= 0.6 is 23.2 Å². The summed E-state index contributed by atoms with van der Waals surface area (Å²) < 4.78 is 13.4. The van der Waals surface area contributed by atoms with Gasteiger partial charge in [0, 0.05) is 6.42 Å². The van der Waals surface area contributed by atoms with E-state index in [-0.39, 0.29) is 27.3 Å². The Morgan fingerprint density at radius 3 is 2.40 bits per heavy atom. The first-order chi connectivity index (χ1) is 6.91. The Kier molecular flexibility index (Phi) is 4.12. The van der Waals surface area contributed by atoms with Crippen molar-refractivity contribution in [2.24, 2.45) is 5.92 Å². The molecule has 1 nitrogen and oxygen atoms in total. The maximum absolute atomic E-state index is 13.4. The van der Waals surface area contributed by atoms with Crippen LogP contribution in [0.2, 0.25) is 10.0 Å². The number of ketones is 1. The zero-order valence-corrected chi connectivity index (χ0v) is 9.99. The van der Waals surface area contributed by atoms with Crippen LogP contribution < -0.4 is 0 Å². The van der Waals surface area contributed by atoms with Gasteiger partial charge >= 0.3 is 0 Å². The first kappa shape index (κ1) is 12.5. The minimum absolute atomic E-state index is 0.0121. The number of carbonyl (C=O) groups excluding carboxylic acids is 1. The fourth-order valence-electron chi connectivity index (χ4n) is 1.22. The van der Waals surface area contributed by atoms with Gasteiger partial charge in [-0.05, 0) is 18.1 Å². The molecule has 4 heteroatoms. The molecule has 0 heterocycles. The van der Waals surface area contributed by atoms with Crippen LogP contribution in [0.4, 0.5) is 4.39 Å². The Balaban J connectivity index is 3.04. The normalized spacial score (nSPS) is 10.8. The Hall–Kier alpha value is -0.600. The number of hydrogen-bond donors (Lipinski definition) is 0. The number of carbonyl (C=O) groups is 1. The molecule has 15 heavy (non-hydrogen) atoms. The van der Waals surface area contributed by atoms with E-state index in [0.29, 0.717) is 6.42 Å². The summed E-state index contributed by atoms with van der Waals surface area (Å²) in [6.45, 7) is 3.79. The lowest BCUT2D eigenvalue weighted by molar-refractivity contribution is 0.0964. The quantitative estimate of drug-likeness (QED) is 0.574. The standard InChI is InChI=1S/C11H11Cl2FO/c1-6(2)3-11(15)7-4-8(12)9(13)5-10(7)14/h4-6H,3H2,1-2H3. The molecule has 0 unspecified atom stereocenters. The van der Waals surface area contributed by atoms with Crippen LogP contribution in [0.25, 0.3) is 0 Å². The van der Waals surface area contributed by atoms with Gasteiger partial charge in [0.25, 0.3) is 0 Å². The van der Waals surface area contributed by atoms with E-state index in [4.69, 9.17) is 23.2 Å². The van der Waals surface area contributed by atoms with Gasteiger partial charge < -0.3 is 0 Å². The first-order valence-electron chi connectivity index (χ1n) is 4.59. The average molecular weight is 249 g/mol. The number of hydrogen-bond acceptors (Lipinski definition) is 1. The zero-order valence-electron chi connectivity index (χ0n) is 8.48. The van der Waals surface area contributed by atoms with Gasteiger partial charge in [0.1, 0.15) is 5.82 Å². The van der Waals surface area contributed by atoms with Crippen molar-refractivity contribution >= 4 is 29.0 Å². The third kappa shape index (κ3) is 3.18. The van der Waals surface area contributed by atoms with Crippen molar-refractivity contribution in [2.45, 2.75) is 20.3 Å². The topological polar surface area (TPSA) is 17.1 Å². The van der Waals surface area contributed by atoms with Crippen molar-refractivity contribution in [2.75, 3.05) is 0 Å². The lowest BCUT2D eigenvalue weighted by atomic mass is 10.0. The molecule has 0 saturated carbocycles. The summed E-state index contributed by atoms with van der Waals surface area (Å²) in [6, 6.07) is 2.35. The second-order valence-electron chi connectivity index (χ2n) is 3.77. The van der Waals surface area contributed by atoms with Crippen molar-refractivity contribution in [3.8, 4) is 0 Å². The fraction of sp³-hybridized carbons (Fsp3) is 0.364. The number of rotatable bonds is 3. The van der Waals surface area contributed by atoms with E-state index in [9.17, 15) is 9.18 Å². The third-order valence-electron chi connectivity index (χ3n) is 1.90. The highest BCUT2D eigenvalue weighted by atomic mass is 35.5. The third-order valence-corrected chi connectivity index (χ3v) is 2.63. The molecule has 1 aromatic carbocycles. The van der Waals surface area contributed by atoms with Gasteiger partial charge in [-0.15, -0.1) is 0 Å². The fourth-order valence-corrected chi connectivity index (χ4v) is 1.53. The molecule has 0 bridgehead atoms. The molecule has 0 N–H and O–H groups in total. The highest BCUT2D eigenvalue weighted by molar-refractivity contribution is 6.42. The van der Waals surface area contributed by atoms with E-state index in [1.807, 2.05) is 13.8 Å². The predicted molar refractivity (Wildman–Crippen MR) is 60.2 cm³/mol. The van der Waals surface area contributed by atoms with Crippen LogP contribution in [0.1, 0.15) is 30.6 Å². The molecule has 0 spiro atoms. The van der Waals surface area contributed by atoms with Crippen LogP contribution in [-0.2, 0) is 0 Å². The highest BCUT2D eigenvalue weighted by Crippen LogP contribution is 2.26. The van der Waals surface area contributed by atoms with E-state index in [1.54, 1.807) is 0 Å². The molecule has 1 aromatic rings. The second kappa shape index (κ2) is 4.95. The molecule has 0 saturated heterocycles. The largest absolute Gasteiger partial charge is 0.294 e. The summed E-state index contributed by atoms with van der Waals surface area (Å²) in [7, 11) is 0. The Labute approximate surface area is 98.2 Å². The molecule has 0 amide bonds. The molecule has 0 radical (unpaired) electrons. The van der Waals surface area contributed by atoms with Crippen molar-refractivity contribution in [3.05, 3.63) is 33.6 Å². The van der Waals surface area contributed by atoms with Gasteiger partial charge in [0.15, 0.2) is 5.78 Å². The first-order valence-corrected chi connectivity index (χ1v) is 5.35. The van der Waals surface area contributed by atoms with Crippen LogP contribution in [0.3, 0.4) is 0 Å². The van der Waals surface area contributed by atoms with Crippen LogP contribution in [0.15, 0.2) is 12.1 Å². The van der Waals surface area contributed by atoms with Gasteiger partial charge in [-0.3, -0.25) is 4.79 Å². The molecular weight excluding hydrogens is 238 g/mol. The summed E-state index contributed by atoms with van der Waals surface area (Å²) in [5.41, 5.74) is 0.0121. The van der Waals surface area contributed by atoms with Crippen molar-refractivity contribution < 1.29 is 9.18 Å². The number of Topliss-reactive ketones (excluding diaryl/α,β-unsaturated/α-hetero) is 1. The molecule has 0 atom stereocenters. The summed E-state index contributed by atoms with van der Waals surface area (Å²) in [5.74, 6) is -0.678. The number of benzene rings is 1. The van der Waals surface area contributed by atoms with E-state index >= 15 is 0 Å². The number of halogens is 3. The monoisotopic (exact) mass is 248 g/mol. The molecule has 0 aliphatic heterocycles. The van der Waals surface area contributed by atoms with Crippen molar-refractivity contribution in [1.29, 1.82) is 0 Å². The van der Waals surface area contributed by atoms with E-state index < -0.39 is 5.82 Å². The maximum Gasteiger partial charge on any atom is 0.166 e. The average Bonchev–Trinajstić information content (AvgIpc) is 2.09. The Morgan fingerprint density at radius 2 is 1.87 bits per heavy atom. The summed E-state index contributed by atoms with van der Waals surface area (Å²) >= 11 is 11.3. The Bertz CT molecular complexity index is 388. The van der Waals surface area contributed by atoms with Crippen LogP contribution in [-0.4, -0.2) is 5.78 Å². The SMILES string of the molecule is CC(C)CC(=O)c1cc(Cl)c(Cl)cc1F. The lowest BCUT2D eigenvalue weighted by Gasteiger charge is -2.06. The van der Waals surface area contributed by atoms with Gasteiger partial charge in [0.2, 0.25) is 0 Å². The lowest BCUT2D eigenvalue weighted by Crippen LogP contribution is -2.06. The van der Waals surface area contributed by atoms with Crippen molar-refractivity contribution in [1.82, 2.24) is 0 Å². The molecular formula is C11H11Cl2FO. The molecule has 0 aromatic heterocycles. The van der Waals surface area contributed by atoms with Crippen molar-refractivity contribution in [3.63, 3.8) is 0 Å². The smallest absolute Gasteiger partial charge is 0.166 e. The second-order valence-corrected chi connectivity index (χ2v) is 4.58. The summed E-state index contributed by atoms with van der Waals surface area (Å²) in [5, 5.41) is 0.320. The van der Waals surface area contributed by atoms with E-state index in [2.05, 4.69) is 0 Å². The molecule has 0 aliphatic carbocycles. The predicted octanol–water partition coefficient (Wildman–Crippen LogP) is 4.36.